The summed E-state index contributed by atoms with van der Waals surface area (Å²) in [4.78, 5) is -0.464. The third kappa shape index (κ3) is 3.93. The second-order valence-corrected chi connectivity index (χ2v) is 8.86. The fourth-order valence-electron chi connectivity index (χ4n) is 2.63. The number of rotatable bonds is 4. The molecule has 1 heterocycles. The summed E-state index contributed by atoms with van der Waals surface area (Å²) in [6, 6.07) is 9.91. The second-order valence-electron chi connectivity index (χ2n) is 6.02. The van der Waals surface area contributed by atoms with Gasteiger partial charge in [-0.2, -0.15) is 5.10 Å². The van der Waals surface area contributed by atoms with Crippen LogP contribution in [-0.4, -0.2) is 24.5 Å². The summed E-state index contributed by atoms with van der Waals surface area (Å²) in [6.07, 6.45) is -1.91. The van der Waals surface area contributed by atoms with Crippen LogP contribution in [0.1, 0.15) is 17.7 Å². The zero-order valence-corrected chi connectivity index (χ0v) is 16.7. The number of hydrogen-bond donors (Lipinski definition) is 0. The van der Waals surface area contributed by atoms with Crippen molar-refractivity contribution in [3.8, 4) is 16.9 Å². The Morgan fingerprint density at radius 1 is 1.11 bits per heavy atom. The van der Waals surface area contributed by atoms with Crippen LogP contribution in [0.15, 0.2) is 51.8 Å². The largest absolute Gasteiger partial charge is 0.282 e. The van der Waals surface area contributed by atoms with Crippen LogP contribution in [0.25, 0.3) is 16.9 Å². The van der Waals surface area contributed by atoms with Gasteiger partial charge in [0.2, 0.25) is 0 Å². The first-order valence-corrected chi connectivity index (χ1v) is 10.4. The molecule has 0 aliphatic rings. The molecule has 3 rings (SSSR count). The molecule has 0 saturated carbocycles. The quantitative estimate of drug-likeness (QED) is 0.546. The Balaban J connectivity index is 2.20. The maximum absolute atomic E-state index is 14.3. The predicted molar refractivity (Wildman–Crippen MR) is 99.5 cm³/mol. The van der Waals surface area contributed by atoms with Crippen LogP contribution in [0.3, 0.4) is 0 Å². The Morgan fingerprint density at radius 2 is 1.81 bits per heavy atom. The van der Waals surface area contributed by atoms with E-state index in [0.717, 1.165) is 28.4 Å². The first kappa shape index (κ1) is 19.6. The van der Waals surface area contributed by atoms with Gasteiger partial charge in [0.1, 0.15) is 16.4 Å². The van der Waals surface area contributed by atoms with Crippen molar-refractivity contribution in [1.82, 2.24) is 9.78 Å². The maximum atomic E-state index is 14.3. The molecule has 2 aromatic carbocycles. The van der Waals surface area contributed by atoms with Crippen LogP contribution in [0.2, 0.25) is 0 Å². The first-order valence-electron chi connectivity index (χ1n) is 7.72. The Morgan fingerprint density at radius 3 is 2.37 bits per heavy atom. The highest BCUT2D eigenvalue weighted by Gasteiger charge is 2.20. The lowest BCUT2D eigenvalue weighted by Crippen LogP contribution is -2.05. The number of halogens is 4. The lowest BCUT2D eigenvalue weighted by molar-refractivity contribution is 0.145. The lowest BCUT2D eigenvalue weighted by atomic mass is 10.1. The molecule has 0 amide bonds. The molecule has 142 valence electrons. The summed E-state index contributed by atoms with van der Waals surface area (Å²) in [7, 11) is -3.74. The highest BCUT2D eigenvalue weighted by atomic mass is 79.9. The molecule has 9 heteroatoms. The maximum Gasteiger partial charge on any atom is 0.282 e. The normalized spacial score (nSPS) is 12.0. The van der Waals surface area contributed by atoms with E-state index >= 15 is 0 Å². The molecule has 0 aliphatic carbocycles. The van der Waals surface area contributed by atoms with Gasteiger partial charge in [0.15, 0.2) is 9.84 Å². The minimum atomic E-state index is -3.74. The van der Waals surface area contributed by atoms with E-state index < -0.39 is 32.7 Å². The number of aryl methyl sites for hydroxylation is 1. The molecule has 1 aromatic heterocycles. The van der Waals surface area contributed by atoms with Crippen molar-refractivity contribution in [3.05, 3.63) is 64.0 Å². The third-order valence-corrected chi connectivity index (χ3v) is 5.98. The Labute approximate surface area is 162 Å². The Hall–Kier alpha value is -2.13. The van der Waals surface area contributed by atoms with Crippen LogP contribution in [0, 0.1) is 12.7 Å². The van der Waals surface area contributed by atoms with Gasteiger partial charge in [0.05, 0.1) is 11.4 Å². The molecule has 27 heavy (non-hydrogen) atoms. The van der Waals surface area contributed by atoms with Crippen molar-refractivity contribution in [1.29, 1.82) is 0 Å². The minimum absolute atomic E-state index is 0.141. The van der Waals surface area contributed by atoms with Gasteiger partial charge < -0.3 is 0 Å². The zero-order valence-electron chi connectivity index (χ0n) is 14.2. The lowest BCUT2D eigenvalue weighted by Gasteiger charge is -2.10. The Bertz CT molecular complexity index is 1130. The number of nitrogens with zero attached hydrogens (tertiary/aromatic N) is 2. The van der Waals surface area contributed by atoms with E-state index in [-0.39, 0.29) is 5.69 Å². The van der Waals surface area contributed by atoms with Gasteiger partial charge in [-0.25, -0.2) is 26.3 Å². The van der Waals surface area contributed by atoms with Crippen LogP contribution < -0.4 is 0 Å². The van der Waals surface area contributed by atoms with Crippen LogP contribution >= 0.6 is 15.9 Å². The minimum Gasteiger partial charge on any atom is -0.233 e. The fourth-order valence-corrected chi connectivity index (χ4v) is 3.61. The number of sulfone groups is 1. The highest BCUT2D eigenvalue weighted by Crippen LogP contribution is 2.31. The van der Waals surface area contributed by atoms with E-state index in [1.54, 1.807) is 18.2 Å². The molecule has 0 N–H and O–H groups in total. The van der Waals surface area contributed by atoms with E-state index in [2.05, 4.69) is 21.0 Å². The molecule has 3 aromatic rings. The van der Waals surface area contributed by atoms with Crippen LogP contribution in [-0.2, 0) is 9.84 Å². The highest BCUT2D eigenvalue weighted by molar-refractivity contribution is 9.10. The van der Waals surface area contributed by atoms with Crippen LogP contribution in [0.5, 0.6) is 0 Å². The summed E-state index contributed by atoms with van der Waals surface area (Å²) in [5.41, 5.74) is 1.52. The fraction of sp³-hybridized carbons (Fsp3) is 0.167. The van der Waals surface area contributed by atoms with E-state index in [9.17, 15) is 21.6 Å². The number of benzene rings is 2. The average Bonchev–Trinajstić information content (AvgIpc) is 3.01. The molecule has 0 saturated heterocycles. The van der Waals surface area contributed by atoms with Crippen molar-refractivity contribution in [3.63, 3.8) is 0 Å². The first-order chi connectivity index (χ1) is 12.6. The molecule has 0 unspecified atom stereocenters. The summed E-state index contributed by atoms with van der Waals surface area (Å²) in [5, 5.41) is 3.88. The van der Waals surface area contributed by atoms with Gasteiger partial charge in [-0.15, -0.1) is 0 Å². The second kappa shape index (κ2) is 7.12. The van der Waals surface area contributed by atoms with Gasteiger partial charge >= 0.3 is 0 Å². The zero-order chi connectivity index (χ0) is 19.9. The van der Waals surface area contributed by atoms with Crippen molar-refractivity contribution >= 4 is 25.8 Å². The van der Waals surface area contributed by atoms with E-state index in [1.807, 2.05) is 6.92 Å². The molecule has 0 fully saturated rings. The number of aromatic nitrogens is 2. The van der Waals surface area contributed by atoms with Crippen molar-refractivity contribution in [2.45, 2.75) is 18.2 Å². The SMILES string of the molecule is Cc1cc(-c2cc(C(F)F)nn2-c2ccc(S(C)(=O)=O)c(F)c2)ccc1Br. The molecule has 0 spiro atoms. The van der Waals surface area contributed by atoms with Gasteiger partial charge in [-0.3, -0.25) is 0 Å². The molecule has 0 bridgehead atoms. The Kier molecular flexibility index (Phi) is 5.18. The summed E-state index contributed by atoms with van der Waals surface area (Å²) >= 11 is 3.38. The topological polar surface area (TPSA) is 52.0 Å². The summed E-state index contributed by atoms with van der Waals surface area (Å²) < 4.78 is 65.9. The number of hydrogen-bond acceptors (Lipinski definition) is 3. The predicted octanol–water partition coefficient (Wildman–Crippen LogP) is 5.09. The van der Waals surface area contributed by atoms with Crippen molar-refractivity contribution in [2.75, 3.05) is 6.26 Å². The molecular formula is C18H14BrF3N2O2S. The van der Waals surface area contributed by atoms with Crippen molar-refractivity contribution < 1.29 is 21.6 Å². The van der Waals surface area contributed by atoms with Gasteiger partial charge in [-0.1, -0.05) is 22.0 Å². The van der Waals surface area contributed by atoms with Gasteiger partial charge in [0.25, 0.3) is 6.43 Å². The van der Waals surface area contributed by atoms with E-state index in [0.29, 0.717) is 11.3 Å². The molecule has 4 nitrogen and oxygen atoms in total. The molecule has 0 aliphatic heterocycles. The average molecular weight is 459 g/mol. The van der Waals surface area contributed by atoms with E-state index in [4.69, 9.17) is 0 Å². The smallest absolute Gasteiger partial charge is 0.233 e. The van der Waals surface area contributed by atoms with E-state index in [1.165, 1.54) is 16.8 Å². The molecule has 0 atom stereocenters. The molecular weight excluding hydrogens is 445 g/mol. The standard InChI is InChI=1S/C18H14BrF3N2O2S/c1-10-7-11(3-5-13(10)19)16-9-15(18(21)22)23-24(16)12-4-6-17(14(20)8-12)27(2,25)26/h3-9,18H,1-2H3. The monoisotopic (exact) mass is 458 g/mol. The van der Waals surface area contributed by atoms with Gasteiger partial charge in [0, 0.05) is 22.4 Å². The van der Waals surface area contributed by atoms with Gasteiger partial charge in [-0.05, 0) is 42.8 Å². The number of alkyl halides is 2. The summed E-state index contributed by atoms with van der Waals surface area (Å²) in [6.45, 7) is 1.85. The summed E-state index contributed by atoms with van der Waals surface area (Å²) in [5.74, 6) is -0.970. The van der Waals surface area contributed by atoms with Crippen LogP contribution in [0.4, 0.5) is 13.2 Å². The third-order valence-electron chi connectivity index (χ3n) is 3.97. The molecule has 0 radical (unpaired) electrons. The van der Waals surface area contributed by atoms with Crippen molar-refractivity contribution in [2.24, 2.45) is 0 Å².